The number of nitrogens with zero attached hydrogens (tertiary/aromatic N) is 4. The molecule has 2 heterocycles. The lowest BCUT2D eigenvalue weighted by molar-refractivity contribution is -0.119. The molecule has 0 radical (unpaired) electrons. The molecule has 7 heteroatoms. The first-order valence-corrected chi connectivity index (χ1v) is 7.34. The number of nitrogens with one attached hydrogen (secondary N) is 2. The van der Waals surface area contributed by atoms with Crippen LogP contribution in [0.4, 0.5) is 5.69 Å². The summed E-state index contributed by atoms with van der Waals surface area (Å²) >= 11 is 0. The number of aromatic nitrogens is 5. The average Bonchev–Trinajstić information content (AvgIpc) is 3.16. The van der Waals surface area contributed by atoms with Crippen LogP contribution in [0.25, 0.3) is 11.4 Å². The van der Waals surface area contributed by atoms with E-state index in [4.69, 9.17) is 0 Å². The van der Waals surface area contributed by atoms with Gasteiger partial charge >= 0.3 is 0 Å². The van der Waals surface area contributed by atoms with E-state index in [2.05, 4.69) is 25.6 Å². The summed E-state index contributed by atoms with van der Waals surface area (Å²) in [6, 6.07) is 7.04. The highest BCUT2D eigenvalue weighted by molar-refractivity contribution is 5.93. The molecule has 0 spiro atoms. The minimum absolute atomic E-state index is 0.116. The summed E-state index contributed by atoms with van der Waals surface area (Å²) < 4.78 is 1.65. The SMILES string of the molecule is Cc1cnn(C(C)C(=O)Nc2ccc(-c3n[nH]c(C)n3)cc2)c1. The Balaban J connectivity index is 1.69. The first-order chi connectivity index (χ1) is 11.0. The van der Waals surface area contributed by atoms with Crippen molar-refractivity contribution in [2.45, 2.75) is 26.8 Å². The third kappa shape index (κ3) is 3.28. The quantitative estimate of drug-likeness (QED) is 0.775. The molecule has 0 aliphatic heterocycles. The number of carbonyl (C=O) groups is 1. The van der Waals surface area contributed by atoms with Crippen molar-refractivity contribution >= 4 is 11.6 Å². The Bertz CT molecular complexity index is 817. The van der Waals surface area contributed by atoms with E-state index in [0.717, 1.165) is 22.6 Å². The summed E-state index contributed by atoms with van der Waals surface area (Å²) in [4.78, 5) is 16.6. The Kier molecular flexibility index (Phi) is 3.92. The van der Waals surface area contributed by atoms with Crippen molar-refractivity contribution in [3.63, 3.8) is 0 Å². The number of hydrogen-bond donors (Lipinski definition) is 2. The molecule has 3 aromatic rings. The molecular weight excluding hydrogens is 292 g/mol. The third-order valence-corrected chi connectivity index (χ3v) is 3.51. The normalized spacial score (nSPS) is 12.1. The second kappa shape index (κ2) is 6.04. The molecule has 0 fully saturated rings. The molecule has 0 saturated carbocycles. The van der Waals surface area contributed by atoms with Crippen LogP contribution in [0.2, 0.25) is 0 Å². The van der Waals surface area contributed by atoms with Gasteiger partial charge in [0.1, 0.15) is 11.9 Å². The highest BCUT2D eigenvalue weighted by Gasteiger charge is 2.15. The van der Waals surface area contributed by atoms with E-state index < -0.39 is 0 Å². The van der Waals surface area contributed by atoms with Crippen LogP contribution in [0.15, 0.2) is 36.7 Å². The summed E-state index contributed by atoms with van der Waals surface area (Å²) in [6.45, 7) is 5.60. The van der Waals surface area contributed by atoms with Gasteiger partial charge in [0.25, 0.3) is 0 Å². The van der Waals surface area contributed by atoms with Gasteiger partial charge in [-0.3, -0.25) is 14.6 Å². The summed E-state index contributed by atoms with van der Waals surface area (Å²) in [6.07, 6.45) is 3.58. The van der Waals surface area contributed by atoms with Crippen molar-refractivity contribution in [1.29, 1.82) is 0 Å². The van der Waals surface area contributed by atoms with Crippen molar-refractivity contribution in [3.05, 3.63) is 48.0 Å². The summed E-state index contributed by atoms with van der Waals surface area (Å²) in [5, 5.41) is 14.0. The molecule has 0 bridgehead atoms. The number of amides is 1. The third-order valence-electron chi connectivity index (χ3n) is 3.51. The van der Waals surface area contributed by atoms with Gasteiger partial charge in [-0.05, 0) is 50.6 Å². The van der Waals surface area contributed by atoms with Crippen LogP contribution in [-0.4, -0.2) is 30.9 Å². The van der Waals surface area contributed by atoms with Crippen molar-refractivity contribution in [2.75, 3.05) is 5.32 Å². The molecule has 0 aliphatic rings. The first-order valence-electron chi connectivity index (χ1n) is 7.34. The highest BCUT2D eigenvalue weighted by atomic mass is 16.2. The van der Waals surface area contributed by atoms with Crippen LogP contribution in [-0.2, 0) is 4.79 Å². The van der Waals surface area contributed by atoms with Crippen molar-refractivity contribution in [3.8, 4) is 11.4 Å². The van der Waals surface area contributed by atoms with Crippen molar-refractivity contribution < 1.29 is 4.79 Å². The fourth-order valence-electron chi connectivity index (χ4n) is 2.19. The van der Waals surface area contributed by atoms with Crippen LogP contribution < -0.4 is 5.32 Å². The Morgan fingerprint density at radius 2 is 2.00 bits per heavy atom. The molecule has 1 unspecified atom stereocenters. The van der Waals surface area contributed by atoms with Gasteiger partial charge in [-0.15, -0.1) is 0 Å². The molecule has 1 aromatic carbocycles. The van der Waals surface area contributed by atoms with Gasteiger partial charge in [-0.1, -0.05) is 0 Å². The van der Waals surface area contributed by atoms with Gasteiger partial charge in [0.05, 0.1) is 6.20 Å². The molecule has 7 nitrogen and oxygen atoms in total. The Morgan fingerprint density at radius 1 is 1.26 bits per heavy atom. The number of hydrogen-bond acceptors (Lipinski definition) is 4. The zero-order valence-corrected chi connectivity index (χ0v) is 13.2. The van der Waals surface area contributed by atoms with E-state index in [0.29, 0.717) is 5.82 Å². The number of rotatable bonds is 4. The minimum Gasteiger partial charge on any atom is -0.324 e. The lowest BCUT2D eigenvalue weighted by atomic mass is 10.2. The standard InChI is InChI=1S/C16H18N6O/c1-10-8-17-22(9-10)11(2)16(23)19-14-6-4-13(5-7-14)15-18-12(3)20-21-15/h4-9,11H,1-3H3,(H,19,23)(H,18,20,21). The van der Waals surface area contributed by atoms with Crippen LogP contribution in [0, 0.1) is 13.8 Å². The molecule has 23 heavy (non-hydrogen) atoms. The predicted molar refractivity (Wildman–Crippen MR) is 86.9 cm³/mol. The zero-order valence-electron chi connectivity index (χ0n) is 13.2. The Morgan fingerprint density at radius 3 is 2.57 bits per heavy atom. The second-order valence-electron chi connectivity index (χ2n) is 5.48. The summed E-state index contributed by atoms with van der Waals surface area (Å²) in [7, 11) is 0. The van der Waals surface area contributed by atoms with Crippen LogP contribution in [0.3, 0.4) is 0 Å². The maximum absolute atomic E-state index is 12.3. The zero-order chi connectivity index (χ0) is 16.4. The van der Waals surface area contributed by atoms with E-state index in [-0.39, 0.29) is 11.9 Å². The summed E-state index contributed by atoms with van der Waals surface area (Å²) in [5.74, 6) is 1.29. The molecule has 3 rings (SSSR count). The maximum atomic E-state index is 12.3. The van der Waals surface area contributed by atoms with E-state index in [1.807, 2.05) is 51.2 Å². The molecule has 0 aliphatic carbocycles. The lowest BCUT2D eigenvalue weighted by Crippen LogP contribution is -2.23. The summed E-state index contributed by atoms with van der Waals surface area (Å²) in [5.41, 5.74) is 2.64. The van der Waals surface area contributed by atoms with Gasteiger partial charge in [-0.2, -0.15) is 10.2 Å². The van der Waals surface area contributed by atoms with Crippen LogP contribution in [0.5, 0.6) is 0 Å². The lowest BCUT2D eigenvalue weighted by Gasteiger charge is -2.12. The van der Waals surface area contributed by atoms with Crippen molar-refractivity contribution in [1.82, 2.24) is 25.0 Å². The first kappa shape index (κ1) is 15.0. The fraction of sp³-hybridized carbons (Fsp3) is 0.250. The van der Waals surface area contributed by atoms with Crippen LogP contribution in [0.1, 0.15) is 24.4 Å². The molecule has 0 saturated heterocycles. The van der Waals surface area contributed by atoms with E-state index in [1.54, 1.807) is 10.9 Å². The van der Waals surface area contributed by atoms with Crippen LogP contribution >= 0.6 is 0 Å². The average molecular weight is 310 g/mol. The monoisotopic (exact) mass is 310 g/mol. The van der Waals surface area contributed by atoms with Gasteiger partial charge in [0, 0.05) is 17.4 Å². The van der Waals surface area contributed by atoms with Gasteiger partial charge in [0.15, 0.2) is 5.82 Å². The van der Waals surface area contributed by atoms with E-state index in [9.17, 15) is 4.79 Å². The van der Waals surface area contributed by atoms with Gasteiger partial charge < -0.3 is 5.32 Å². The number of aryl methyl sites for hydroxylation is 2. The number of H-pyrrole nitrogens is 1. The molecule has 2 N–H and O–H groups in total. The molecule has 2 aromatic heterocycles. The van der Waals surface area contributed by atoms with E-state index in [1.165, 1.54) is 0 Å². The van der Waals surface area contributed by atoms with Gasteiger partial charge in [0.2, 0.25) is 5.91 Å². The molecule has 1 amide bonds. The second-order valence-corrected chi connectivity index (χ2v) is 5.48. The maximum Gasteiger partial charge on any atom is 0.248 e. The fourth-order valence-corrected chi connectivity index (χ4v) is 2.19. The predicted octanol–water partition coefficient (Wildman–Crippen LogP) is 2.48. The Hall–Kier alpha value is -2.96. The topological polar surface area (TPSA) is 88.5 Å². The highest BCUT2D eigenvalue weighted by Crippen LogP contribution is 2.19. The molecule has 118 valence electrons. The number of anilines is 1. The smallest absolute Gasteiger partial charge is 0.248 e. The number of carbonyl (C=O) groups excluding carboxylic acids is 1. The van der Waals surface area contributed by atoms with Gasteiger partial charge in [-0.25, -0.2) is 4.98 Å². The number of aromatic amines is 1. The number of benzene rings is 1. The molecule has 1 atom stereocenters. The molecular formula is C16H18N6O. The minimum atomic E-state index is -0.376. The largest absolute Gasteiger partial charge is 0.324 e. The Labute approximate surface area is 133 Å². The van der Waals surface area contributed by atoms with E-state index >= 15 is 0 Å². The van der Waals surface area contributed by atoms with Crippen molar-refractivity contribution in [2.24, 2.45) is 0 Å².